The predicted molar refractivity (Wildman–Crippen MR) is 59.7 cm³/mol. The number of carbonyl (C=O) groups excluding carboxylic acids is 2. The second-order valence-electron chi connectivity index (χ2n) is 4.66. The Labute approximate surface area is 104 Å². The molecule has 0 aliphatic carbocycles. The van der Waals surface area contributed by atoms with Crippen LogP contribution in [0.3, 0.4) is 0 Å². The number of carboxylic acids is 1. The van der Waals surface area contributed by atoms with Crippen molar-refractivity contribution in [1.29, 1.82) is 0 Å². The van der Waals surface area contributed by atoms with Crippen molar-refractivity contribution in [2.45, 2.75) is 24.9 Å². The van der Waals surface area contributed by atoms with E-state index in [0.717, 1.165) is 0 Å². The maximum Gasteiger partial charge on any atom is 0.311 e. The van der Waals surface area contributed by atoms with Gasteiger partial charge in [0.1, 0.15) is 12.0 Å². The number of hydrogen-bond acceptors (Lipinski definition) is 4. The van der Waals surface area contributed by atoms with E-state index in [0.29, 0.717) is 12.8 Å². The molecule has 7 heteroatoms. The molecule has 3 atom stereocenters. The lowest BCUT2D eigenvalue weighted by Gasteiger charge is -2.28. The van der Waals surface area contributed by atoms with E-state index in [1.165, 1.54) is 4.90 Å². The third-order valence-corrected chi connectivity index (χ3v) is 3.51. The Kier molecular flexibility index (Phi) is 3.51. The van der Waals surface area contributed by atoms with Gasteiger partial charge in [0, 0.05) is 13.5 Å². The number of nitrogens with one attached hydrogen (secondary N) is 1. The molecule has 2 rings (SSSR count). The molecule has 2 aliphatic rings. The largest absolute Gasteiger partial charge is 0.481 e. The first-order valence-electron chi connectivity index (χ1n) is 5.87. The second-order valence-corrected chi connectivity index (χ2v) is 4.66. The number of rotatable bonds is 3. The third-order valence-electron chi connectivity index (χ3n) is 3.51. The van der Waals surface area contributed by atoms with Crippen LogP contribution in [0.1, 0.15) is 12.8 Å². The lowest BCUT2D eigenvalue weighted by atomic mass is 10.0. The molecule has 2 unspecified atom stereocenters. The number of aliphatic carboxylic acids is 1. The molecule has 0 aromatic heterocycles. The minimum atomic E-state index is -0.965. The summed E-state index contributed by atoms with van der Waals surface area (Å²) in [5.74, 6) is -2.05. The number of carbonyl (C=O) groups is 3. The molecule has 0 aromatic carbocycles. The standard InChI is InChI=1S/C11H16N2O5/c1-13(8-5-18-4-6(8)11(16)17)10(15)7-2-3-9(14)12-7/h6-8H,2-5H2,1H3,(H,12,14)(H,16,17)/t6?,7-,8?/m1/s1. The van der Waals surface area contributed by atoms with E-state index < -0.39 is 24.0 Å². The van der Waals surface area contributed by atoms with E-state index in [-0.39, 0.29) is 25.0 Å². The van der Waals surface area contributed by atoms with E-state index in [1.54, 1.807) is 7.05 Å². The number of amides is 2. The van der Waals surface area contributed by atoms with E-state index in [4.69, 9.17) is 9.84 Å². The first-order chi connectivity index (χ1) is 8.50. The lowest BCUT2D eigenvalue weighted by Crippen LogP contribution is -2.50. The van der Waals surface area contributed by atoms with Crippen molar-refractivity contribution >= 4 is 17.8 Å². The first kappa shape index (κ1) is 12.8. The van der Waals surface area contributed by atoms with Crippen molar-refractivity contribution in [3.05, 3.63) is 0 Å². The molecule has 0 radical (unpaired) electrons. The van der Waals surface area contributed by atoms with Crippen LogP contribution in [-0.2, 0) is 19.1 Å². The zero-order chi connectivity index (χ0) is 13.3. The minimum Gasteiger partial charge on any atom is -0.481 e. The quantitative estimate of drug-likeness (QED) is 0.663. The average Bonchev–Trinajstić information content (AvgIpc) is 2.95. The molecule has 2 amide bonds. The summed E-state index contributed by atoms with van der Waals surface area (Å²) in [7, 11) is 1.56. The molecule has 0 bridgehead atoms. The van der Waals surface area contributed by atoms with Crippen molar-refractivity contribution in [2.75, 3.05) is 20.3 Å². The molecule has 0 aromatic rings. The summed E-state index contributed by atoms with van der Waals surface area (Å²) in [5, 5.41) is 11.6. The summed E-state index contributed by atoms with van der Waals surface area (Å²) in [6.07, 6.45) is 0.807. The first-order valence-corrected chi connectivity index (χ1v) is 5.87. The SMILES string of the molecule is CN(C(=O)[C@H]1CCC(=O)N1)C1COCC1C(=O)O. The summed E-state index contributed by atoms with van der Waals surface area (Å²) in [5.41, 5.74) is 0. The highest BCUT2D eigenvalue weighted by Crippen LogP contribution is 2.21. The zero-order valence-electron chi connectivity index (χ0n) is 10.1. The Morgan fingerprint density at radius 1 is 1.44 bits per heavy atom. The lowest BCUT2D eigenvalue weighted by molar-refractivity contribution is -0.145. The summed E-state index contributed by atoms with van der Waals surface area (Å²) >= 11 is 0. The van der Waals surface area contributed by atoms with Crippen molar-refractivity contribution in [2.24, 2.45) is 5.92 Å². The van der Waals surface area contributed by atoms with Crippen LogP contribution in [-0.4, -0.2) is 60.1 Å². The van der Waals surface area contributed by atoms with Gasteiger partial charge in [-0.2, -0.15) is 0 Å². The Morgan fingerprint density at radius 2 is 2.17 bits per heavy atom. The maximum atomic E-state index is 12.1. The topological polar surface area (TPSA) is 95.9 Å². The molecule has 2 aliphatic heterocycles. The second kappa shape index (κ2) is 4.93. The van der Waals surface area contributed by atoms with Crippen molar-refractivity contribution in [3.8, 4) is 0 Å². The molecule has 2 saturated heterocycles. The Hall–Kier alpha value is -1.63. The van der Waals surface area contributed by atoms with E-state index in [2.05, 4.69) is 5.32 Å². The molecule has 7 nitrogen and oxygen atoms in total. The van der Waals surface area contributed by atoms with Crippen molar-refractivity contribution < 1.29 is 24.2 Å². The van der Waals surface area contributed by atoms with Gasteiger partial charge in [0.15, 0.2) is 0 Å². The van der Waals surface area contributed by atoms with E-state index in [9.17, 15) is 14.4 Å². The van der Waals surface area contributed by atoms with Crippen LogP contribution in [0.5, 0.6) is 0 Å². The summed E-state index contributed by atoms with van der Waals surface area (Å²) < 4.78 is 5.12. The maximum absolute atomic E-state index is 12.1. The molecule has 2 fully saturated rings. The van der Waals surface area contributed by atoms with Gasteiger partial charge in [-0.3, -0.25) is 14.4 Å². The molecule has 100 valence electrons. The van der Waals surface area contributed by atoms with Crippen LogP contribution in [0.2, 0.25) is 0 Å². The Bertz CT molecular complexity index is 384. The van der Waals surface area contributed by atoms with Crippen LogP contribution < -0.4 is 5.32 Å². The van der Waals surface area contributed by atoms with Gasteiger partial charge >= 0.3 is 5.97 Å². The molecule has 2 heterocycles. The van der Waals surface area contributed by atoms with Gasteiger partial charge in [0.25, 0.3) is 0 Å². The summed E-state index contributed by atoms with van der Waals surface area (Å²) in [4.78, 5) is 35.6. The fourth-order valence-electron chi connectivity index (χ4n) is 2.37. The van der Waals surface area contributed by atoms with Gasteiger partial charge in [-0.05, 0) is 6.42 Å². The monoisotopic (exact) mass is 256 g/mol. The van der Waals surface area contributed by atoms with Crippen molar-refractivity contribution in [3.63, 3.8) is 0 Å². The fourth-order valence-corrected chi connectivity index (χ4v) is 2.37. The highest BCUT2D eigenvalue weighted by molar-refractivity contribution is 5.91. The van der Waals surface area contributed by atoms with Crippen molar-refractivity contribution in [1.82, 2.24) is 10.2 Å². The molecule has 18 heavy (non-hydrogen) atoms. The van der Waals surface area contributed by atoms with Gasteiger partial charge in [0.05, 0.1) is 19.3 Å². The fraction of sp³-hybridized carbons (Fsp3) is 0.727. The molecule has 0 saturated carbocycles. The van der Waals surface area contributed by atoms with Crippen LogP contribution in [0.15, 0.2) is 0 Å². The summed E-state index contributed by atoms with van der Waals surface area (Å²) in [6, 6.07) is -0.995. The van der Waals surface area contributed by atoms with E-state index >= 15 is 0 Å². The molecular weight excluding hydrogens is 240 g/mol. The van der Waals surface area contributed by atoms with Gasteiger partial charge < -0.3 is 20.1 Å². The smallest absolute Gasteiger partial charge is 0.311 e. The zero-order valence-corrected chi connectivity index (χ0v) is 10.1. The third kappa shape index (κ3) is 2.31. The average molecular weight is 256 g/mol. The normalized spacial score (nSPS) is 31.2. The Morgan fingerprint density at radius 3 is 2.72 bits per heavy atom. The number of hydrogen-bond donors (Lipinski definition) is 2. The molecular formula is C11H16N2O5. The van der Waals surface area contributed by atoms with Crippen LogP contribution in [0.4, 0.5) is 0 Å². The van der Waals surface area contributed by atoms with Crippen LogP contribution in [0.25, 0.3) is 0 Å². The number of likely N-dealkylation sites (N-methyl/N-ethyl adjacent to an activating group) is 1. The van der Waals surface area contributed by atoms with Crippen LogP contribution in [0, 0.1) is 5.92 Å². The van der Waals surface area contributed by atoms with Gasteiger partial charge in [-0.25, -0.2) is 0 Å². The number of ether oxygens (including phenoxy) is 1. The number of nitrogens with zero attached hydrogens (tertiary/aromatic N) is 1. The Balaban J connectivity index is 2.02. The summed E-state index contributed by atoms with van der Waals surface area (Å²) in [6.45, 7) is 0.342. The van der Waals surface area contributed by atoms with Gasteiger partial charge in [0.2, 0.25) is 11.8 Å². The van der Waals surface area contributed by atoms with Gasteiger partial charge in [-0.15, -0.1) is 0 Å². The van der Waals surface area contributed by atoms with Gasteiger partial charge in [-0.1, -0.05) is 0 Å². The van der Waals surface area contributed by atoms with E-state index in [1.807, 2.05) is 0 Å². The highest BCUT2D eigenvalue weighted by atomic mass is 16.5. The minimum absolute atomic E-state index is 0.120. The van der Waals surface area contributed by atoms with Crippen LogP contribution >= 0.6 is 0 Å². The predicted octanol–water partition coefficient (Wildman–Crippen LogP) is -1.18. The molecule has 2 N–H and O–H groups in total. The highest BCUT2D eigenvalue weighted by Gasteiger charge is 2.41. The number of carboxylic acid groups (broad SMARTS) is 1. The molecule has 0 spiro atoms.